The summed E-state index contributed by atoms with van der Waals surface area (Å²) in [4.78, 5) is 0. The first kappa shape index (κ1) is 10.6. The second-order valence-electron chi connectivity index (χ2n) is 7.21. The lowest BCUT2D eigenvalue weighted by molar-refractivity contribution is -0.154. The molecule has 2 heterocycles. The Morgan fingerprint density at radius 2 is 2.06 bits per heavy atom. The van der Waals surface area contributed by atoms with Gasteiger partial charge in [0.25, 0.3) is 0 Å². The molecule has 5 aliphatic rings. The van der Waals surface area contributed by atoms with Crippen LogP contribution < -0.4 is 0 Å². The van der Waals surface area contributed by atoms with E-state index in [0.717, 1.165) is 5.92 Å². The SMILES string of the molecule is C[C@@H]1C(O)C=CC23CC4[C@H](C)C(OC4(C)C2)C13. The molecule has 0 aromatic carbocycles. The van der Waals surface area contributed by atoms with E-state index in [9.17, 15) is 5.11 Å². The predicted octanol–water partition coefficient (Wildman–Crippen LogP) is 2.37. The normalized spacial score (nSPS) is 67.5. The number of ether oxygens (including phenoxy) is 1. The molecular formula is C15H22O2. The molecule has 2 heteroatoms. The fourth-order valence-corrected chi connectivity index (χ4v) is 5.72. The van der Waals surface area contributed by atoms with Gasteiger partial charge in [-0.05, 0) is 48.9 Å². The zero-order chi connectivity index (χ0) is 12.0. The molecule has 1 N–H and O–H groups in total. The molecule has 6 unspecified atom stereocenters. The predicted molar refractivity (Wildman–Crippen MR) is 65.4 cm³/mol. The number of allylic oxidation sites excluding steroid dienone is 1. The first-order chi connectivity index (χ1) is 7.97. The summed E-state index contributed by atoms with van der Waals surface area (Å²) in [7, 11) is 0. The minimum atomic E-state index is -0.273. The molecule has 2 aliphatic heterocycles. The standard InChI is InChI=1S/C15H22O2/c1-8-10-6-15-5-4-11(16)9(2)12(15)13(8)17-14(10,3)7-15/h4-5,8-13,16H,6-7H2,1-3H3/t8-,9+,10?,11?,12?,13?,14?,15?/m0/s1. The molecule has 1 spiro atoms. The van der Waals surface area contributed by atoms with Gasteiger partial charge in [-0.25, -0.2) is 0 Å². The van der Waals surface area contributed by atoms with Crippen LogP contribution in [0.25, 0.3) is 0 Å². The first-order valence-corrected chi connectivity index (χ1v) is 7.02. The lowest BCUT2D eigenvalue weighted by Gasteiger charge is -2.52. The van der Waals surface area contributed by atoms with Crippen LogP contribution in [0.4, 0.5) is 0 Å². The highest BCUT2D eigenvalue weighted by Crippen LogP contribution is 2.70. The first-order valence-electron chi connectivity index (χ1n) is 7.02. The summed E-state index contributed by atoms with van der Waals surface area (Å²) < 4.78 is 6.39. The quantitative estimate of drug-likeness (QED) is 0.652. The van der Waals surface area contributed by atoms with Crippen molar-refractivity contribution < 1.29 is 9.84 Å². The van der Waals surface area contributed by atoms with Gasteiger partial charge in [0.1, 0.15) is 0 Å². The third-order valence-corrected chi connectivity index (χ3v) is 6.37. The summed E-state index contributed by atoms with van der Waals surface area (Å²) in [5, 5.41) is 10.1. The minimum absolute atomic E-state index is 0.118. The average Bonchev–Trinajstić information content (AvgIpc) is 2.60. The summed E-state index contributed by atoms with van der Waals surface area (Å²) in [5.41, 5.74) is 0.459. The van der Waals surface area contributed by atoms with Crippen molar-refractivity contribution in [3.05, 3.63) is 12.2 Å². The van der Waals surface area contributed by atoms with E-state index in [2.05, 4.69) is 26.8 Å². The third-order valence-electron chi connectivity index (χ3n) is 6.37. The number of hydrogen-bond donors (Lipinski definition) is 1. The smallest absolute Gasteiger partial charge is 0.0750 e. The van der Waals surface area contributed by atoms with Gasteiger partial charge >= 0.3 is 0 Å². The molecule has 17 heavy (non-hydrogen) atoms. The molecule has 0 aromatic rings. The monoisotopic (exact) mass is 234 g/mol. The van der Waals surface area contributed by atoms with Crippen molar-refractivity contribution in [2.45, 2.75) is 51.4 Å². The van der Waals surface area contributed by atoms with Gasteiger partial charge in [0.2, 0.25) is 0 Å². The van der Waals surface area contributed by atoms with E-state index in [1.165, 1.54) is 12.8 Å². The van der Waals surface area contributed by atoms with Gasteiger partial charge in [-0.15, -0.1) is 0 Å². The Kier molecular flexibility index (Phi) is 1.74. The molecule has 8 atom stereocenters. The van der Waals surface area contributed by atoms with Crippen LogP contribution >= 0.6 is 0 Å². The Balaban J connectivity index is 1.86. The van der Waals surface area contributed by atoms with Gasteiger partial charge in [-0.2, -0.15) is 0 Å². The zero-order valence-electron chi connectivity index (χ0n) is 10.9. The Morgan fingerprint density at radius 3 is 2.76 bits per heavy atom. The molecule has 2 nitrogen and oxygen atoms in total. The van der Waals surface area contributed by atoms with Crippen molar-refractivity contribution in [3.8, 4) is 0 Å². The molecule has 2 saturated carbocycles. The number of aliphatic hydroxyl groups excluding tert-OH is 1. The van der Waals surface area contributed by atoms with Gasteiger partial charge in [0.15, 0.2) is 0 Å². The maximum Gasteiger partial charge on any atom is 0.0750 e. The third kappa shape index (κ3) is 1.01. The maximum atomic E-state index is 10.1. The van der Waals surface area contributed by atoms with Crippen LogP contribution in [0.15, 0.2) is 12.2 Å². The molecule has 4 fully saturated rings. The fourth-order valence-electron chi connectivity index (χ4n) is 5.72. The molecule has 0 aromatic heterocycles. The highest BCUT2D eigenvalue weighted by molar-refractivity contribution is 5.27. The van der Waals surface area contributed by atoms with Crippen LogP contribution in [0.1, 0.15) is 33.6 Å². The van der Waals surface area contributed by atoms with Gasteiger partial charge < -0.3 is 9.84 Å². The topological polar surface area (TPSA) is 29.5 Å². The van der Waals surface area contributed by atoms with Crippen LogP contribution in [-0.2, 0) is 4.74 Å². The molecule has 2 saturated heterocycles. The van der Waals surface area contributed by atoms with E-state index < -0.39 is 0 Å². The van der Waals surface area contributed by atoms with E-state index in [-0.39, 0.29) is 11.7 Å². The lowest BCUT2D eigenvalue weighted by Crippen LogP contribution is -2.53. The van der Waals surface area contributed by atoms with Gasteiger partial charge in [0.05, 0.1) is 17.8 Å². The number of hydrogen-bond acceptors (Lipinski definition) is 2. The fraction of sp³-hybridized carbons (Fsp3) is 0.867. The average molecular weight is 234 g/mol. The summed E-state index contributed by atoms with van der Waals surface area (Å²) in [6.07, 6.45) is 6.93. The van der Waals surface area contributed by atoms with Crippen molar-refractivity contribution in [2.24, 2.45) is 29.1 Å². The second kappa shape index (κ2) is 2.80. The molecule has 94 valence electrons. The Labute approximate surface area is 103 Å². The van der Waals surface area contributed by atoms with Gasteiger partial charge in [0, 0.05) is 0 Å². The van der Waals surface area contributed by atoms with Crippen molar-refractivity contribution >= 4 is 0 Å². The number of aliphatic hydroxyl groups is 1. The van der Waals surface area contributed by atoms with Gasteiger partial charge in [-0.1, -0.05) is 26.0 Å². The van der Waals surface area contributed by atoms with Crippen molar-refractivity contribution in [2.75, 3.05) is 0 Å². The van der Waals surface area contributed by atoms with E-state index in [0.29, 0.717) is 29.3 Å². The Bertz CT molecular complexity index is 404. The van der Waals surface area contributed by atoms with Crippen LogP contribution in [0, 0.1) is 29.1 Å². The summed E-state index contributed by atoms with van der Waals surface area (Å²) in [6.45, 7) is 6.86. The Morgan fingerprint density at radius 1 is 1.29 bits per heavy atom. The van der Waals surface area contributed by atoms with E-state index in [1.807, 2.05) is 6.08 Å². The van der Waals surface area contributed by atoms with Crippen LogP contribution in [-0.4, -0.2) is 22.9 Å². The summed E-state index contributed by atoms with van der Waals surface area (Å²) in [5.74, 6) is 2.28. The largest absolute Gasteiger partial charge is 0.389 e. The lowest BCUT2D eigenvalue weighted by atomic mass is 9.56. The van der Waals surface area contributed by atoms with Crippen molar-refractivity contribution in [1.82, 2.24) is 0 Å². The van der Waals surface area contributed by atoms with Crippen molar-refractivity contribution in [3.63, 3.8) is 0 Å². The Hall–Kier alpha value is -0.340. The summed E-state index contributed by atoms with van der Waals surface area (Å²) in [6, 6.07) is 0. The highest BCUT2D eigenvalue weighted by atomic mass is 16.5. The molecular weight excluding hydrogens is 212 g/mol. The maximum absolute atomic E-state index is 10.1. The van der Waals surface area contributed by atoms with E-state index in [4.69, 9.17) is 4.74 Å². The molecule has 0 radical (unpaired) electrons. The zero-order valence-corrected chi connectivity index (χ0v) is 10.9. The molecule has 0 amide bonds. The molecule has 3 aliphatic carbocycles. The van der Waals surface area contributed by atoms with Crippen LogP contribution in [0.2, 0.25) is 0 Å². The van der Waals surface area contributed by atoms with E-state index in [1.54, 1.807) is 0 Å². The second-order valence-corrected chi connectivity index (χ2v) is 7.21. The van der Waals surface area contributed by atoms with Crippen molar-refractivity contribution in [1.29, 1.82) is 0 Å². The minimum Gasteiger partial charge on any atom is -0.389 e. The van der Waals surface area contributed by atoms with E-state index >= 15 is 0 Å². The molecule has 5 rings (SSSR count). The highest BCUT2D eigenvalue weighted by Gasteiger charge is 2.71. The molecule has 4 bridgehead atoms. The van der Waals surface area contributed by atoms with Crippen LogP contribution in [0.5, 0.6) is 0 Å². The van der Waals surface area contributed by atoms with Gasteiger partial charge in [-0.3, -0.25) is 0 Å². The summed E-state index contributed by atoms with van der Waals surface area (Å²) >= 11 is 0. The number of rotatable bonds is 0. The van der Waals surface area contributed by atoms with Crippen LogP contribution in [0.3, 0.4) is 0 Å².